The summed E-state index contributed by atoms with van der Waals surface area (Å²) in [6.07, 6.45) is 3.15. The SMILES string of the molecule is O=C(NCc1nc2ccccc2n1CC(=O)N1CCOCC1)c1ccncc1. The summed E-state index contributed by atoms with van der Waals surface area (Å²) >= 11 is 0. The average Bonchev–Trinajstić information content (AvgIpc) is 3.10. The Morgan fingerprint density at radius 1 is 1.07 bits per heavy atom. The zero-order valence-corrected chi connectivity index (χ0v) is 15.4. The Morgan fingerprint density at radius 2 is 1.82 bits per heavy atom. The molecule has 2 aromatic heterocycles. The van der Waals surface area contributed by atoms with E-state index in [0.29, 0.717) is 37.7 Å². The number of ether oxygens (including phenoxy) is 1. The molecule has 1 aliphatic heterocycles. The first-order valence-electron chi connectivity index (χ1n) is 9.20. The van der Waals surface area contributed by atoms with E-state index in [0.717, 1.165) is 11.0 Å². The second kappa shape index (κ2) is 8.18. The van der Waals surface area contributed by atoms with E-state index >= 15 is 0 Å². The Balaban J connectivity index is 1.54. The van der Waals surface area contributed by atoms with Crippen LogP contribution in [0.25, 0.3) is 11.0 Å². The number of benzene rings is 1. The van der Waals surface area contributed by atoms with E-state index in [2.05, 4.69) is 15.3 Å². The van der Waals surface area contributed by atoms with Crippen molar-refractivity contribution in [2.24, 2.45) is 0 Å². The van der Waals surface area contributed by atoms with Crippen LogP contribution < -0.4 is 5.32 Å². The van der Waals surface area contributed by atoms with Crippen molar-refractivity contribution in [2.75, 3.05) is 26.3 Å². The minimum Gasteiger partial charge on any atom is -0.378 e. The van der Waals surface area contributed by atoms with Crippen molar-refractivity contribution >= 4 is 22.8 Å². The molecule has 1 aliphatic rings. The summed E-state index contributed by atoms with van der Waals surface area (Å²) in [5, 5.41) is 2.87. The van der Waals surface area contributed by atoms with Crippen LogP contribution in [-0.4, -0.2) is 57.6 Å². The van der Waals surface area contributed by atoms with Gasteiger partial charge in [0.1, 0.15) is 12.4 Å². The number of pyridine rings is 1. The van der Waals surface area contributed by atoms with Crippen LogP contribution in [0.4, 0.5) is 0 Å². The summed E-state index contributed by atoms with van der Waals surface area (Å²) in [5.74, 6) is 0.457. The Morgan fingerprint density at radius 3 is 2.61 bits per heavy atom. The molecule has 0 radical (unpaired) electrons. The maximum absolute atomic E-state index is 12.7. The zero-order valence-electron chi connectivity index (χ0n) is 15.4. The lowest BCUT2D eigenvalue weighted by Crippen LogP contribution is -2.42. The van der Waals surface area contributed by atoms with Crippen molar-refractivity contribution in [2.45, 2.75) is 13.1 Å². The number of para-hydroxylation sites is 2. The van der Waals surface area contributed by atoms with Crippen LogP contribution in [-0.2, 0) is 22.6 Å². The van der Waals surface area contributed by atoms with E-state index in [1.54, 1.807) is 29.4 Å². The van der Waals surface area contributed by atoms with E-state index < -0.39 is 0 Å². The fraction of sp³-hybridized carbons (Fsp3) is 0.300. The number of morpholine rings is 1. The maximum atomic E-state index is 12.7. The van der Waals surface area contributed by atoms with Gasteiger partial charge in [-0.3, -0.25) is 14.6 Å². The fourth-order valence-corrected chi connectivity index (χ4v) is 3.25. The number of fused-ring (bicyclic) bond motifs is 1. The minimum atomic E-state index is -0.208. The van der Waals surface area contributed by atoms with Gasteiger partial charge in [0.15, 0.2) is 0 Å². The first-order chi connectivity index (χ1) is 13.7. The molecule has 1 aromatic carbocycles. The van der Waals surface area contributed by atoms with Gasteiger partial charge in [-0.1, -0.05) is 12.1 Å². The molecule has 8 heteroatoms. The highest BCUT2D eigenvalue weighted by atomic mass is 16.5. The topological polar surface area (TPSA) is 89.4 Å². The average molecular weight is 379 g/mol. The van der Waals surface area contributed by atoms with Gasteiger partial charge in [0.05, 0.1) is 30.8 Å². The molecule has 0 unspecified atom stereocenters. The van der Waals surface area contributed by atoms with E-state index in [1.807, 2.05) is 28.8 Å². The lowest BCUT2D eigenvalue weighted by molar-refractivity contribution is -0.135. The molecule has 3 aromatic rings. The van der Waals surface area contributed by atoms with Crippen LogP contribution in [0.15, 0.2) is 48.8 Å². The number of aromatic nitrogens is 3. The van der Waals surface area contributed by atoms with Gasteiger partial charge < -0.3 is 19.5 Å². The Hall–Kier alpha value is -3.26. The van der Waals surface area contributed by atoms with Gasteiger partial charge in [0.2, 0.25) is 5.91 Å². The van der Waals surface area contributed by atoms with Crippen molar-refractivity contribution < 1.29 is 14.3 Å². The molecule has 1 fully saturated rings. The molecule has 144 valence electrons. The highest BCUT2D eigenvalue weighted by Gasteiger charge is 2.20. The second-order valence-corrected chi connectivity index (χ2v) is 6.51. The van der Waals surface area contributed by atoms with Gasteiger partial charge in [0.25, 0.3) is 5.91 Å². The van der Waals surface area contributed by atoms with Crippen molar-refractivity contribution in [1.29, 1.82) is 0 Å². The molecule has 28 heavy (non-hydrogen) atoms. The third-order valence-corrected chi connectivity index (χ3v) is 4.74. The van der Waals surface area contributed by atoms with Crippen molar-refractivity contribution in [3.63, 3.8) is 0 Å². The minimum absolute atomic E-state index is 0.0214. The van der Waals surface area contributed by atoms with E-state index in [4.69, 9.17) is 4.74 Å². The largest absolute Gasteiger partial charge is 0.378 e. The van der Waals surface area contributed by atoms with Crippen molar-refractivity contribution in [3.8, 4) is 0 Å². The molecule has 8 nitrogen and oxygen atoms in total. The predicted octanol–water partition coefficient (Wildman–Crippen LogP) is 1.22. The van der Waals surface area contributed by atoms with Gasteiger partial charge in [-0.25, -0.2) is 4.98 Å². The van der Waals surface area contributed by atoms with Gasteiger partial charge in [-0.05, 0) is 24.3 Å². The molecular formula is C20H21N5O3. The summed E-state index contributed by atoms with van der Waals surface area (Å²) < 4.78 is 7.20. The Bertz CT molecular complexity index is 980. The third kappa shape index (κ3) is 3.86. The number of hydrogen-bond donors (Lipinski definition) is 1. The van der Waals surface area contributed by atoms with Crippen LogP contribution in [0.2, 0.25) is 0 Å². The maximum Gasteiger partial charge on any atom is 0.251 e. The molecule has 0 saturated carbocycles. The molecule has 0 bridgehead atoms. The van der Waals surface area contributed by atoms with Gasteiger partial charge >= 0.3 is 0 Å². The summed E-state index contributed by atoms with van der Waals surface area (Å²) in [6, 6.07) is 11.0. The molecular weight excluding hydrogens is 358 g/mol. The Kier molecular flexibility index (Phi) is 5.29. The first-order valence-corrected chi connectivity index (χ1v) is 9.20. The molecule has 0 aliphatic carbocycles. The fourth-order valence-electron chi connectivity index (χ4n) is 3.25. The number of rotatable bonds is 5. The molecule has 1 N–H and O–H groups in total. The first kappa shape index (κ1) is 18.1. The summed E-state index contributed by atoms with van der Waals surface area (Å²) in [5.41, 5.74) is 2.20. The van der Waals surface area contributed by atoms with Gasteiger partial charge in [-0.2, -0.15) is 0 Å². The number of nitrogens with zero attached hydrogens (tertiary/aromatic N) is 4. The van der Waals surface area contributed by atoms with E-state index in [1.165, 1.54) is 0 Å². The summed E-state index contributed by atoms with van der Waals surface area (Å²) in [7, 11) is 0. The van der Waals surface area contributed by atoms with Crippen LogP contribution in [0, 0.1) is 0 Å². The normalized spacial score (nSPS) is 14.2. The van der Waals surface area contributed by atoms with E-state index in [9.17, 15) is 9.59 Å². The van der Waals surface area contributed by atoms with Crippen LogP contribution in [0.5, 0.6) is 0 Å². The molecule has 4 rings (SSSR count). The van der Waals surface area contributed by atoms with Gasteiger partial charge in [-0.15, -0.1) is 0 Å². The van der Waals surface area contributed by atoms with Crippen molar-refractivity contribution in [1.82, 2.24) is 24.8 Å². The molecule has 1 saturated heterocycles. The second-order valence-electron chi connectivity index (χ2n) is 6.51. The molecule has 2 amide bonds. The quantitative estimate of drug-likeness (QED) is 0.720. The summed E-state index contributed by atoms with van der Waals surface area (Å²) in [4.78, 5) is 35.4. The third-order valence-electron chi connectivity index (χ3n) is 4.74. The molecule has 0 atom stereocenters. The monoisotopic (exact) mass is 379 g/mol. The highest BCUT2D eigenvalue weighted by molar-refractivity contribution is 5.94. The number of carbonyl (C=O) groups is 2. The number of hydrogen-bond acceptors (Lipinski definition) is 5. The zero-order chi connectivity index (χ0) is 19.3. The molecule has 3 heterocycles. The number of carbonyl (C=O) groups excluding carboxylic acids is 2. The smallest absolute Gasteiger partial charge is 0.251 e. The highest BCUT2D eigenvalue weighted by Crippen LogP contribution is 2.17. The van der Waals surface area contributed by atoms with Gasteiger partial charge in [0, 0.05) is 31.0 Å². The van der Waals surface area contributed by atoms with Crippen molar-refractivity contribution in [3.05, 3.63) is 60.2 Å². The number of nitrogens with one attached hydrogen (secondary N) is 1. The standard InChI is InChI=1S/C20H21N5O3/c26-19(24-9-11-28-12-10-24)14-25-17-4-2-1-3-16(17)23-18(25)13-22-20(27)15-5-7-21-8-6-15/h1-8H,9-14H2,(H,22,27). The predicted molar refractivity (Wildman–Crippen MR) is 103 cm³/mol. The number of amides is 2. The summed E-state index contributed by atoms with van der Waals surface area (Å²) in [6.45, 7) is 2.73. The van der Waals surface area contributed by atoms with Crippen LogP contribution >= 0.6 is 0 Å². The van der Waals surface area contributed by atoms with E-state index in [-0.39, 0.29) is 24.9 Å². The van der Waals surface area contributed by atoms with Crippen LogP contribution in [0.1, 0.15) is 16.2 Å². The number of imidazole rings is 1. The Labute approximate surface area is 162 Å². The lowest BCUT2D eigenvalue weighted by Gasteiger charge is -2.27. The van der Waals surface area contributed by atoms with Crippen LogP contribution in [0.3, 0.4) is 0 Å². The molecule has 0 spiro atoms. The lowest BCUT2D eigenvalue weighted by atomic mass is 10.2.